The number of ether oxygens (including phenoxy) is 2. The Morgan fingerprint density at radius 3 is 2.13 bits per heavy atom. The maximum Gasteiger partial charge on any atom is 0.376 e. The van der Waals surface area contributed by atoms with Crippen LogP contribution in [0.5, 0.6) is 0 Å². The SMILES string of the molecule is CCOC(=O)CCC(F)(F)C(=O)OCC. The van der Waals surface area contributed by atoms with Crippen molar-refractivity contribution in [3.05, 3.63) is 0 Å². The van der Waals surface area contributed by atoms with Gasteiger partial charge in [-0.05, 0) is 13.8 Å². The molecule has 0 heterocycles. The van der Waals surface area contributed by atoms with E-state index in [-0.39, 0.29) is 13.2 Å². The molecule has 0 saturated heterocycles. The van der Waals surface area contributed by atoms with Gasteiger partial charge in [0.25, 0.3) is 0 Å². The molecular weight excluding hydrogens is 210 g/mol. The minimum absolute atomic E-state index is 0.117. The highest BCUT2D eigenvalue weighted by molar-refractivity contribution is 5.78. The van der Waals surface area contributed by atoms with Crippen molar-refractivity contribution in [2.45, 2.75) is 32.6 Å². The zero-order chi connectivity index (χ0) is 11.9. The number of hydrogen-bond donors (Lipinski definition) is 0. The van der Waals surface area contributed by atoms with Crippen LogP contribution < -0.4 is 0 Å². The van der Waals surface area contributed by atoms with E-state index in [1.807, 2.05) is 0 Å². The molecule has 0 atom stereocenters. The van der Waals surface area contributed by atoms with E-state index in [1.165, 1.54) is 6.92 Å². The van der Waals surface area contributed by atoms with Gasteiger partial charge in [-0.1, -0.05) is 0 Å². The van der Waals surface area contributed by atoms with E-state index in [1.54, 1.807) is 6.92 Å². The molecule has 0 aliphatic heterocycles. The predicted octanol–water partition coefficient (Wildman–Crippen LogP) is 1.53. The fourth-order valence-corrected chi connectivity index (χ4v) is 0.831. The normalized spacial score (nSPS) is 10.9. The second kappa shape index (κ2) is 6.31. The summed E-state index contributed by atoms with van der Waals surface area (Å²) in [5.74, 6) is -5.97. The maximum atomic E-state index is 12.9. The second-order valence-electron chi connectivity index (χ2n) is 2.73. The lowest BCUT2D eigenvalue weighted by atomic mass is 10.2. The van der Waals surface area contributed by atoms with Gasteiger partial charge in [0, 0.05) is 6.42 Å². The lowest BCUT2D eigenvalue weighted by Gasteiger charge is -2.13. The lowest BCUT2D eigenvalue weighted by Crippen LogP contribution is -2.31. The van der Waals surface area contributed by atoms with Gasteiger partial charge in [-0.25, -0.2) is 4.79 Å². The van der Waals surface area contributed by atoms with Crippen LogP contribution in [-0.2, 0) is 19.1 Å². The van der Waals surface area contributed by atoms with Gasteiger partial charge in [-0.3, -0.25) is 4.79 Å². The Bertz CT molecular complexity index is 228. The average Bonchev–Trinajstić information content (AvgIpc) is 2.16. The molecule has 15 heavy (non-hydrogen) atoms. The van der Waals surface area contributed by atoms with Crippen molar-refractivity contribution in [1.82, 2.24) is 0 Å². The fraction of sp³-hybridized carbons (Fsp3) is 0.778. The Labute approximate surface area is 86.5 Å². The summed E-state index contributed by atoms with van der Waals surface area (Å²) in [5, 5.41) is 0. The average molecular weight is 224 g/mol. The Kier molecular flexibility index (Phi) is 5.81. The molecule has 6 heteroatoms. The second-order valence-corrected chi connectivity index (χ2v) is 2.73. The highest BCUT2D eigenvalue weighted by Gasteiger charge is 2.40. The Morgan fingerprint density at radius 1 is 1.13 bits per heavy atom. The molecule has 0 aromatic rings. The van der Waals surface area contributed by atoms with E-state index in [9.17, 15) is 18.4 Å². The number of carbonyl (C=O) groups is 2. The van der Waals surface area contributed by atoms with Crippen LogP contribution in [0.1, 0.15) is 26.7 Å². The van der Waals surface area contributed by atoms with E-state index in [4.69, 9.17) is 0 Å². The summed E-state index contributed by atoms with van der Waals surface area (Å²) < 4.78 is 34.5. The number of alkyl halides is 2. The van der Waals surface area contributed by atoms with Crippen LogP contribution in [0.2, 0.25) is 0 Å². The summed E-state index contributed by atoms with van der Waals surface area (Å²) in [6.45, 7) is 3.01. The van der Waals surface area contributed by atoms with Gasteiger partial charge in [0.2, 0.25) is 0 Å². The summed E-state index contributed by atoms with van der Waals surface area (Å²) in [6, 6.07) is 0. The van der Waals surface area contributed by atoms with Crippen LogP contribution in [0.25, 0.3) is 0 Å². The molecule has 0 aromatic carbocycles. The molecular formula is C9H14F2O4. The molecule has 0 amide bonds. The molecule has 0 aliphatic rings. The van der Waals surface area contributed by atoms with Crippen molar-refractivity contribution in [3.63, 3.8) is 0 Å². The van der Waals surface area contributed by atoms with E-state index < -0.39 is 30.7 Å². The highest BCUT2D eigenvalue weighted by atomic mass is 19.3. The van der Waals surface area contributed by atoms with Crippen LogP contribution in [0.15, 0.2) is 0 Å². The number of hydrogen-bond acceptors (Lipinski definition) is 4. The zero-order valence-electron chi connectivity index (χ0n) is 8.72. The molecule has 0 saturated carbocycles. The van der Waals surface area contributed by atoms with Crippen LogP contribution in [0.3, 0.4) is 0 Å². The van der Waals surface area contributed by atoms with Crippen LogP contribution in [-0.4, -0.2) is 31.1 Å². The molecule has 0 aliphatic carbocycles. The lowest BCUT2D eigenvalue weighted by molar-refractivity contribution is -0.173. The first kappa shape index (κ1) is 13.8. The van der Waals surface area contributed by atoms with Crippen LogP contribution >= 0.6 is 0 Å². The Balaban J connectivity index is 4.03. The zero-order valence-corrected chi connectivity index (χ0v) is 8.72. The summed E-state index contributed by atoms with van der Waals surface area (Å²) >= 11 is 0. The van der Waals surface area contributed by atoms with Crippen LogP contribution in [0, 0.1) is 0 Å². The van der Waals surface area contributed by atoms with Crippen molar-refractivity contribution < 1.29 is 27.8 Å². The molecule has 0 unspecified atom stereocenters. The van der Waals surface area contributed by atoms with E-state index in [0.29, 0.717) is 0 Å². The third kappa shape index (κ3) is 5.29. The minimum atomic E-state index is -3.62. The molecule has 0 spiro atoms. The number of carbonyl (C=O) groups excluding carboxylic acids is 2. The number of rotatable bonds is 6. The quantitative estimate of drug-likeness (QED) is 0.642. The molecule has 88 valence electrons. The van der Waals surface area contributed by atoms with Crippen LogP contribution in [0.4, 0.5) is 8.78 Å². The van der Waals surface area contributed by atoms with Crippen molar-refractivity contribution in [2.75, 3.05) is 13.2 Å². The first-order valence-electron chi connectivity index (χ1n) is 4.64. The number of halogens is 2. The monoisotopic (exact) mass is 224 g/mol. The predicted molar refractivity (Wildman–Crippen MR) is 47.4 cm³/mol. The molecule has 0 N–H and O–H groups in total. The summed E-state index contributed by atoms with van der Waals surface area (Å²) in [6.07, 6.45) is -1.38. The molecule has 0 fully saturated rings. The molecule has 0 bridgehead atoms. The van der Waals surface area contributed by atoms with Gasteiger partial charge in [-0.15, -0.1) is 0 Å². The summed E-state index contributed by atoms with van der Waals surface area (Å²) in [5.41, 5.74) is 0. The van der Waals surface area contributed by atoms with Crippen molar-refractivity contribution >= 4 is 11.9 Å². The van der Waals surface area contributed by atoms with Gasteiger partial charge in [0.15, 0.2) is 0 Å². The smallest absolute Gasteiger partial charge is 0.376 e. The first-order valence-corrected chi connectivity index (χ1v) is 4.64. The van der Waals surface area contributed by atoms with Crippen molar-refractivity contribution in [1.29, 1.82) is 0 Å². The number of esters is 2. The van der Waals surface area contributed by atoms with Gasteiger partial charge < -0.3 is 9.47 Å². The van der Waals surface area contributed by atoms with Gasteiger partial charge in [0.1, 0.15) is 0 Å². The van der Waals surface area contributed by atoms with Crippen molar-refractivity contribution in [3.8, 4) is 0 Å². The van der Waals surface area contributed by atoms with E-state index in [0.717, 1.165) is 0 Å². The highest BCUT2D eigenvalue weighted by Crippen LogP contribution is 2.22. The topological polar surface area (TPSA) is 52.6 Å². The van der Waals surface area contributed by atoms with E-state index in [2.05, 4.69) is 9.47 Å². The van der Waals surface area contributed by atoms with Crippen molar-refractivity contribution in [2.24, 2.45) is 0 Å². The van der Waals surface area contributed by atoms with Gasteiger partial charge >= 0.3 is 17.9 Å². The Morgan fingerprint density at radius 2 is 1.67 bits per heavy atom. The minimum Gasteiger partial charge on any atom is -0.466 e. The largest absolute Gasteiger partial charge is 0.466 e. The standard InChI is InChI=1S/C9H14F2O4/c1-3-14-7(12)5-6-9(10,11)8(13)15-4-2/h3-6H2,1-2H3. The Hall–Kier alpha value is -1.20. The summed E-state index contributed by atoms with van der Waals surface area (Å²) in [4.78, 5) is 21.5. The molecule has 4 nitrogen and oxygen atoms in total. The maximum absolute atomic E-state index is 12.9. The van der Waals surface area contributed by atoms with Gasteiger partial charge in [-0.2, -0.15) is 8.78 Å². The first-order chi connectivity index (χ1) is 6.94. The third-order valence-electron chi connectivity index (χ3n) is 1.52. The fourth-order valence-electron chi connectivity index (χ4n) is 0.831. The third-order valence-corrected chi connectivity index (χ3v) is 1.52. The van der Waals surface area contributed by atoms with Gasteiger partial charge in [0.05, 0.1) is 19.6 Å². The molecule has 0 aromatic heterocycles. The summed E-state index contributed by atoms with van der Waals surface area (Å²) in [7, 11) is 0. The van der Waals surface area contributed by atoms with E-state index >= 15 is 0 Å². The molecule has 0 rings (SSSR count). The molecule has 0 radical (unpaired) electrons.